The third kappa shape index (κ3) is 3.51. The Bertz CT molecular complexity index is 1140. The molecule has 3 rings (SSSR count). The normalized spacial score (nSPS) is 12.2. The van der Waals surface area contributed by atoms with E-state index in [0.29, 0.717) is 22.5 Å². The molecular weight excluding hydrogens is 363 g/mol. The number of carbonyl (C=O) groups excluding carboxylic acids is 1. The van der Waals surface area contributed by atoms with Crippen molar-refractivity contribution in [3.8, 4) is 5.82 Å². The Kier molecular flexibility index (Phi) is 4.38. The Hall–Kier alpha value is -2.98. The number of hydrogen-bond acceptors (Lipinski definition) is 5. The lowest BCUT2D eigenvalue weighted by Crippen LogP contribution is -2.19. The van der Waals surface area contributed by atoms with Gasteiger partial charge in [-0.2, -0.15) is 18.7 Å². The van der Waals surface area contributed by atoms with Crippen LogP contribution < -0.4 is 5.14 Å². The standard InChI is InChI=1S/C16H15FN4O4S/c1-10-13(4-6-15(22)25-26(18,23)24)16(20(2)19-10)21-8-7-11-9-12(17)3-5-14(11)21/h3-9H,1-2H3,(H2,18,23,24). The summed E-state index contributed by atoms with van der Waals surface area (Å²) in [7, 11) is -2.66. The largest absolute Gasteiger partial charge is 0.382 e. The van der Waals surface area contributed by atoms with Gasteiger partial charge in [-0.15, -0.1) is 0 Å². The summed E-state index contributed by atoms with van der Waals surface area (Å²) >= 11 is 0. The van der Waals surface area contributed by atoms with Gasteiger partial charge in [0.2, 0.25) is 0 Å². The van der Waals surface area contributed by atoms with Crippen LogP contribution in [0, 0.1) is 12.7 Å². The zero-order chi connectivity index (χ0) is 19.1. The number of benzene rings is 1. The predicted molar refractivity (Wildman–Crippen MR) is 93.0 cm³/mol. The molecule has 10 heteroatoms. The van der Waals surface area contributed by atoms with Crippen molar-refractivity contribution in [2.45, 2.75) is 6.92 Å². The van der Waals surface area contributed by atoms with Crippen molar-refractivity contribution in [2.75, 3.05) is 0 Å². The van der Waals surface area contributed by atoms with E-state index in [9.17, 15) is 17.6 Å². The highest BCUT2D eigenvalue weighted by atomic mass is 32.2. The van der Waals surface area contributed by atoms with Gasteiger partial charge in [0.25, 0.3) is 0 Å². The second-order valence-corrected chi connectivity index (χ2v) is 6.72. The number of carbonyl (C=O) groups is 1. The second kappa shape index (κ2) is 6.39. The van der Waals surface area contributed by atoms with Gasteiger partial charge in [0.15, 0.2) is 0 Å². The molecule has 136 valence electrons. The van der Waals surface area contributed by atoms with Crippen LogP contribution in [0.2, 0.25) is 0 Å². The van der Waals surface area contributed by atoms with Gasteiger partial charge in [0, 0.05) is 30.3 Å². The van der Waals surface area contributed by atoms with Crippen LogP contribution >= 0.6 is 0 Å². The minimum absolute atomic E-state index is 0.345. The molecule has 8 nitrogen and oxygen atoms in total. The molecule has 0 aliphatic carbocycles. The van der Waals surface area contributed by atoms with E-state index in [1.807, 2.05) is 0 Å². The topological polar surface area (TPSA) is 109 Å². The summed E-state index contributed by atoms with van der Waals surface area (Å²) in [5.41, 5.74) is 1.92. The van der Waals surface area contributed by atoms with Crippen LogP contribution in [-0.4, -0.2) is 28.7 Å². The van der Waals surface area contributed by atoms with Crippen LogP contribution in [0.25, 0.3) is 22.8 Å². The molecule has 0 saturated carbocycles. The van der Waals surface area contributed by atoms with Gasteiger partial charge in [-0.1, -0.05) is 0 Å². The maximum absolute atomic E-state index is 13.4. The van der Waals surface area contributed by atoms with Crippen molar-refractivity contribution in [3.63, 3.8) is 0 Å². The highest BCUT2D eigenvalue weighted by molar-refractivity contribution is 7.84. The number of aryl methyl sites for hydroxylation is 2. The summed E-state index contributed by atoms with van der Waals surface area (Å²) in [6.07, 6.45) is 4.09. The van der Waals surface area contributed by atoms with Crippen molar-refractivity contribution < 1.29 is 21.8 Å². The number of nitrogens with zero attached hydrogens (tertiary/aromatic N) is 3. The molecule has 2 heterocycles. The molecule has 1 aromatic carbocycles. The van der Waals surface area contributed by atoms with Crippen molar-refractivity contribution in [3.05, 3.63) is 53.6 Å². The van der Waals surface area contributed by atoms with Gasteiger partial charge in [-0.05, 0) is 37.3 Å². The van der Waals surface area contributed by atoms with Crippen molar-refractivity contribution in [1.82, 2.24) is 14.3 Å². The molecule has 3 aromatic rings. The molecule has 0 atom stereocenters. The lowest BCUT2D eigenvalue weighted by atomic mass is 10.2. The van der Waals surface area contributed by atoms with E-state index in [4.69, 9.17) is 0 Å². The SMILES string of the molecule is Cc1nn(C)c(-n2ccc3cc(F)ccc32)c1C=CC(=O)OS(N)(=O)=O. The monoisotopic (exact) mass is 378 g/mol. The highest BCUT2D eigenvalue weighted by Crippen LogP contribution is 2.26. The third-order valence-corrected chi connectivity index (χ3v) is 4.10. The quantitative estimate of drug-likeness (QED) is 0.693. The van der Waals surface area contributed by atoms with Gasteiger partial charge >= 0.3 is 16.3 Å². The van der Waals surface area contributed by atoms with E-state index in [1.54, 1.807) is 41.5 Å². The first kappa shape index (κ1) is 17.8. The van der Waals surface area contributed by atoms with Gasteiger partial charge in [0.1, 0.15) is 11.6 Å². The summed E-state index contributed by atoms with van der Waals surface area (Å²) in [6, 6.07) is 6.15. The highest BCUT2D eigenvalue weighted by Gasteiger charge is 2.16. The Morgan fingerprint density at radius 1 is 1.35 bits per heavy atom. The number of fused-ring (bicyclic) bond motifs is 1. The van der Waals surface area contributed by atoms with E-state index in [2.05, 4.69) is 14.4 Å². The molecule has 0 unspecified atom stereocenters. The average Bonchev–Trinajstić information content (AvgIpc) is 3.03. The van der Waals surface area contributed by atoms with Crippen molar-refractivity contribution >= 4 is 33.3 Å². The van der Waals surface area contributed by atoms with Gasteiger partial charge in [0.05, 0.1) is 11.2 Å². The van der Waals surface area contributed by atoms with Crippen LogP contribution in [0.1, 0.15) is 11.3 Å². The fraction of sp³-hybridized carbons (Fsp3) is 0.125. The van der Waals surface area contributed by atoms with E-state index < -0.39 is 16.3 Å². The van der Waals surface area contributed by atoms with Gasteiger partial charge in [-0.3, -0.25) is 4.68 Å². The zero-order valence-corrected chi connectivity index (χ0v) is 14.7. The third-order valence-electron chi connectivity index (χ3n) is 3.70. The first-order valence-corrected chi connectivity index (χ1v) is 8.87. The number of rotatable bonds is 4. The molecule has 26 heavy (non-hydrogen) atoms. The Morgan fingerprint density at radius 2 is 2.08 bits per heavy atom. The molecule has 0 aliphatic heterocycles. The van der Waals surface area contributed by atoms with Crippen LogP contribution in [0.15, 0.2) is 36.5 Å². The smallest absolute Gasteiger partial charge is 0.330 e. The molecule has 0 aliphatic rings. The molecule has 2 aromatic heterocycles. The molecule has 0 amide bonds. The zero-order valence-electron chi connectivity index (χ0n) is 13.9. The summed E-state index contributed by atoms with van der Waals surface area (Å²) in [4.78, 5) is 11.6. The lowest BCUT2D eigenvalue weighted by molar-refractivity contribution is -0.128. The number of nitrogens with two attached hydrogens (primary N) is 1. The van der Waals surface area contributed by atoms with Crippen LogP contribution in [-0.2, 0) is 26.3 Å². The van der Waals surface area contributed by atoms with Gasteiger partial charge < -0.3 is 8.75 Å². The van der Waals surface area contributed by atoms with Crippen LogP contribution in [0.5, 0.6) is 0 Å². The lowest BCUT2D eigenvalue weighted by Gasteiger charge is -2.08. The van der Waals surface area contributed by atoms with Crippen molar-refractivity contribution in [1.29, 1.82) is 0 Å². The second-order valence-electron chi connectivity index (χ2n) is 5.56. The molecule has 0 bridgehead atoms. The van der Waals surface area contributed by atoms with Crippen LogP contribution in [0.4, 0.5) is 4.39 Å². The summed E-state index contributed by atoms with van der Waals surface area (Å²) in [5.74, 6) is -0.854. The Morgan fingerprint density at radius 3 is 2.77 bits per heavy atom. The van der Waals surface area contributed by atoms with Gasteiger partial charge in [-0.25, -0.2) is 9.18 Å². The molecule has 2 N–H and O–H groups in total. The minimum atomic E-state index is -4.38. The number of halogens is 1. The predicted octanol–water partition coefficient (Wildman–Crippen LogP) is 1.57. The first-order chi connectivity index (χ1) is 12.2. The Balaban J connectivity index is 2.07. The van der Waals surface area contributed by atoms with E-state index in [-0.39, 0.29) is 5.82 Å². The van der Waals surface area contributed by atoms with E-state index >= 15 is 0 Å². The summed E-state index contributed by atoms with van der Waals surface area (Å²) < 4.78 is 42.5. The molecule has 0 fully saturated rings. The maximum atomic E-state index is 13.4. The molecular formula is C16H15FN4O4S. The van der Waals surface area contributed by atoms with Crippen molar-refractivity contribution in [2.24, 2.45) is 12.2 Å². The first-order valence-electron chi connectivity index (χ1n) is 7.40. The number of aromatic nitrogens is 3. The summed E-state index contributed by atoms with van der Waals surface area (Å²) in [5, 5.41) is 9.69. The fourth-order valence-corrected chi connectivity index (χ4v) is 3.02. The molecule has 0 spiro atoms. The fourth-order valence-electron chi connectivity index (χ4n) is 2.73. The molecule has 0 radical (unpaired) electrons. The molecule has 0 saturated heterocycles. The minimum Gasteiger partial charge on any atom is -0.330 e. The maximum Gasteiger partial charge on any atom is 0.382 e. The Labute approximate surface area is 148 Å². The average molecular weight is 378 g/mol. The van der Waals surface area contributed by atoms with E-state index in [0.717, 1.165) is 11.6 Å². The summed E-state index contributed by atoms with van der Waals surface area (Å²) in [6.45, 7) is 1.74. The van der Waals surface area contributed by atoms with E-state index in [1.165, 1.54) is 18.2 Å². The van der Waals surface area contributed by atoms with Crippen LogP contribution in [0.3, 0.4) is 0 Å². The number of hydrogen-bond donors (Lipinski definition) is 1.